The molecule has 1 aliphatic rings. The van der Waals surface area contributed by atoms with Crippen molar-refractivity contribution in [2.45, 2.75) is 13.0 Å². The summed E-state index contributed by atoms with van der Waals surface area (Å²) in [6.07, 6.45) is -0.419. The van der Waals surface area contributed by atoms with Crippen molar-refractivity contribution in [2.75, 3.05) is 26.2 Å². The molecule has 0 radical (unpaired) electrons. The molecule has 0 spiro atoms. The minimum atomic E-state index is -0.419. The summed E-state index contributed by atoms with van der Waals surface area (Å²) in [6.45, 7) is 4.10. The van der Waals surface area contributed by atoms with Gasteiger partial charge in [0, 0.05) is 19.6 Å². The van der Waals surface area contributed by atoms with Crippen LogP contribution in [0.1, 0.15) is 6.92 Å². The summed E-state index contributed by atoms with van der Waals surface area (Å²) in [5, 5.41) is 12.0. The van der Waals surface area contributed by atoms with Gasteiger partial charge in [0.2, 0.25) is 5.91 Å². The Bertz CT molecular complexity index is 147. The molecule has 1 amide bonds. The molecule has 1 saturated heterocycles. The number of carbonyl (C=O) groups excluding carboxylic acids is 1. The number of nitrogens with zero attached hydrogens (tertiary/aromatic N) is 1. The number of β-amino-alcohol motifs (C(OH)–C–C–N with tert-alkyl or cyclic N) is 1. The topological polar surface area (TPSA) is 52.6 Å². The van der Waals surface area contributed by atoms with Crippen LogP contribution in [0.3, 0.4) is 0 Å². The van der Waals surface area contributed by atoms with Crippen LogP contribution in [0, 0.1) is 0 Å². The molecular weight excluding hydrogens is 144 g/mol. The van der Waals surface area contributed by atoms with Crippen LogP contribution in [0.15, 0.2) is 0 Å². The van der Waals surface area contributed by atoms with Gasteiger partial charge >= 0.3 is 0 Å². The number of nitrogens with one attached hydrogen (secondary N) is 1. The highest BCUT2D eigenvalue weighted by molar-refractivity contribution is 5.78. The highest BCUT2D eigenvalue weighted by atomic mass is 16.3. The molecule has 1 aliphatic heterocycles. The molecule has 1 atom stereocenters. The van der Waals surface area contributed by atoms with Crippen molar-refractivity contribution in [3.63, 3.8) is 0 Å². The van der Waals surface area contributed by atoms with Crippen molar-refractivity contribution in [3.8, 4) is 0 Å². The van der Waals surface area contributed by atoms with E-state index in [0.29, 0.717) is 19.6 Å². The number of rotatable bonds is 2. The van der Waals surface area contributed by atoms with E-state index in [-0.39, 0.29) is 5.91 Å². The molecule has 1 unspecified atom stereocenters. The van der Waals surface area contributed by atoms with Gasteiger partial charge in [0.05, 0.1) is 12.6 Å². The molecule has 1 fully saturated rings. The zero-order valence-corrected chi connectivity index (χ0v) is 6.71. The van der Waals surface area contributed by atoms with Crippen LogP contribution >= 0.6 is 0 Å². The third-order valence-corrected chi connectivity index (χ3v) is 1.67. The molecule has 1 rings (SSSR count). The molecule has 4 heteroatoms. The molecule has 11 heavy (non-hydrogen) atoms. The van der Waals surface area contributed by atoms with E-state index in [1.165, 1.54) is 0 Å². The van der Waals surface area contributed by atoms with E-state index < -0.39 is 6.10 Å². The van der Waals surface area contributed by atoms with Crippen LogP contribution in [0.25, 0.3) is 0 Å². The first-order valence-electron chi connectivity index (χ1n) is 3.86. The summed E-state index contributed by atoms with van der Waals surface area (Å²) in [4.78, 5) is 12.8. The zero-order chi connectivity index (χ0) is 8.27. The number of carbonyl (C=O) groups is 1. The van der Waals surface area contributed by atoms with E-state index in [1.54, 1.807) is 11.8 Å². The van der Waals surface area contributed by atoms with Crippen molar-refractivity contribution in [2.24, 2.45) is 0 Å². The lowest BCUT2D eigenvalue weighted by atomic mass is 10.3. The van der Waals surface area contributed by atoms with E-state index in [2.05, 4.69) is 5.32 Å². The van der Waals surface area contributed by atoms with Crippen LogP contribution in [0.2, 0.25) is 0 Å². The monoisotopic (exact) mass is 158 g/mol. The molecular formula is C7H14N2O2. The van der Waals surface area contributed by atoms with Gasteiger partial charge in [-0.15, -0.1) is 0 Å². The Morgan fingerprint density at radius 3 is 3.09 bits per heavy atom. The SMILES string of the molecule is CC(O)CN1CCNCC1=O. The number of aliphatic hydroxyl groups excluding tert-OH is 1. The molecule has 1 heterocycles. The maximum atomic E-state index is 11.1. The summed E-state index contributed by atoms with van der Waals surface area (Å²) in [5.74, 6) is 0.0807. The van der Waals surface area contributed by atoms with Gasteiger partial charge < -0.3 is 15.3 Å². The summed E-state index contributed by atoms with van der Waals surface area (Å²) in [6, 6.07) is 0. The first-order chi connectivity index (χ1) is 5.20. The van der Waals surface area contributed by atoms with Crippen molar-refractivity contribution in [1.29, 1.82) is 0 Å². The predicted octanol–water partition coefficient (Wildman–Crippen LogP) is -1.20. The lowest BCUT2D eigenvalue weighted by Gasteiger charge is -2.28. The lowest BCUT2D eigenvalue weighted by molar-refractivity contribution is -0.133. The minimum absolute atomic E-state index is 0.0807. The van der Waals surface area contributed by atoms with E-state index in [9.17, 15) is 4.79 Å². The van der Waals surface area contributed by atoms with Crippen LogP contribution in [0.4, 0.5) is 0 Å². The largest absolute Gasteiger partial charge is 0.392 e. The van der Waals surface area contributed by atoms with Crippen molar-refractivity contribution < 1.29 is 9.90 Å². The standard InChI is InChI=1S/C7H14N2O2/c1-6(10)5-9-3-2-8-4-7(9)11/h6,8,10H,2-5H2,1H3. The predicted molar refractivity (Wildman–Crippen MR) is 41.1 cm³/mol. The van der Waals surface area contributed by atoms with E-state index in [0.717, 1.165) is 6.54 Å². The molecule has 0 aromatic rings. The second-order valence-corrected chi connectivity index (χ2v) is 2.87. The van der Waals surface area contributed by atoms with Crippen LogP contribution in [0.5, 0.6) is 0 Å². The van der Waals surface area contributed by atoms with E-state index >= 15 is 0 Å². The summed E-state index contributed by atoms with van der Waals surface area (Å²) < 4.78 is 0. The molecule has 0 saturated carbocycles. The minimum Gasteiger partial charge on any atom is -0.392 e. The van der Waals surface area contributed by atoms with Crippen molar-refractivity contribution in [1.82, 2.24) is 10.2 Å². The fraction of sp³-hybridized carbons (Fsp3) is 0.857. The Morgan fingerprint density at radius 1 is 1.82 bits per heavy atom. The van der Waals surface area contributed by atoms with Crippen LogP contribution in [-0.2, 0) is 4.79 Å². The number of piperazine rings is 1. The average Bonchev–Trinajstić information content (AvgIpc) is 1.93. The quantitative estimate of drug-likeness (QED) is 0.530. The van der Waals surface area contributed by atoms with Gasteiger partial charge in [-0.2, -0.15) is 0 Å². The van der Waals surface area contributed by atoms with Gasteiger partial charge in [-0.1, -0.05) is 0 Å². The molecule has 64 valence electrons. The van der Waals surface area contributed by atoms with Gasteiger partial charge in [0.15, 0.2) is 0 Å². The second-order valence-electron chi connectivity index (χ2n) is 2.87. The van der Waals surface area contributed by atoms with Gasteiger partial charge in [-0.3, -0.25) is 4.79 Å². The van der Waals surface area contributed by atoms with Crippen LogP contribution < -0.4 is 5.32 Å². The van der Waals surface area contributed by atoms with Gasteiger partial charge in [-0.25, -0.2) is 0 Å². The number of hydrogen-bond donors (Lipinski definition) is 2. The third-order valence-electron chi connectivity index (χ3n) is 1.67. The first-order valence-corrected chi connectivity index (χ1v) is 3.86. The van der Waals surface area contributed by atoms with Gasteiger partial charge in [0.25, 0.3) is 0 Å². The highest BCUT2D eigenvalue weighted by Crippen LogP contribution is 1.95. The molecule has 0 aromatic heterocycles. The second kappa shape index (κ2) is 3.69. The molecule has 0 bridgehead atoms. The highest BCUT2D eigenvalue weighted by Gasteiger charge is 2.18. The number of aliphatic hydroxyl groups is 1. The van der Waals surface area contributed by atoms with Crippen molar-refractivity contribution >= 4 is 5.91 Å². The molecule has 0 aliphatic carbocycles. The Labute approximate surface area is 66.2 Å². The zero-order valence-electron chi connectivity index (χ0n) is 6.71. The van der Waals surface area contributed by atoms with E-state index in [1.807, 2.05) is 0 Å². The summed E-state index contributed by atoms with van der Waals surface area (Å²) in [5.41, 5.74) is 0. The Morgan fingerprint density at radius 2 is 2.55 bits per heavy atom. The average molecular weight is 158 g/mol. The lowest BCUT2D eigenvalue weighted by Crippen LogP contribution is -2.50. The summed E-state index contributed by atoms with van der Waals surface area (Å²) >= 11 is 0. The van der Waals surface area contributed by atoms with Gasteiger partial charge in [0.1, 0.15) is 0 Å². The molecule has 2 N–H and O–H groups in total. The Balaban J connectivity index is 2.36. The normalized spacial score (nSPS) is 22.0. The number of hydrogen-bond acceptors (Lipinski definition) is 3. The van der Waals surface area contributed by atoms with E-state index in [4.69, 9.17) is 5.11 Å². The smallest absolute Gasteiger partial charge is 0.236 e. The fourth-order valence-electron chi connectivity index (χ4n) is 1.16. The first kappa shape index (κ1) is 8.49. The third kappa shape index (κ3) is 2.48. The maximum absolute atomic E-state index is 11.1. The van der Waals surface area contributed by atoms with Crippen LogP contribution in [-0.4, -0.2) is 48.2 Å². The fourth-order valence-corrected chi connectivity index (χ4v) is 1.16. The summed E-state index contributed by atoms with van der Waals surface area (Å²) in [7, 11) is 0. The Kier molecular flexibility index (Phi) is 2.84. The molecule has 0 aromatic carbocycles. The number of amides is 1. The van der Waals surface area contributed by atoms with Crippen molar-refractivity contribution in [3.05, 3.63) is 0 Å². The maximum Gasteiger partial charge on any atom is 0.236 e. The Hall–Kier alpha value is -0.610. The molecule has 4 nitrogen and oxygen atoms in total. The van der Waals surface area contributed by atoms with Gasteiger partial charge in [-0.05, 0) is 6.92 Å².